The van der Waals surface area contributed by atoms with Gasteiger partial charge in [0.25, 0.3) is 0 Å². The molecule has 0 spiro atoms. The van der Waals surface area contributed by atoms with Gasteiger partial charge in [0.1, 0.15) is 19.2 Å². The highest BCUT2D eigenvalue weighted by Crippen LogP contribution is 2.44. The Labute approximate surface area is 284 Å². The molecule has 2 nitrogen and oxygen atoms in total. The van der Waals surface area contributed by atoms with Gasteiger partial charge >= 0.3 is 0 Å². The number of anilines is 3. The summed E-state index contributed by atoms with van der Waals surface area (Å²) in [5, 5.41) is 8.05. The van der Waals surface area contributed by atoms with Crippen molar-refractivity contribution in [2.75, 3.05) is 4.90 Å². The molecule has 0 atom stereocenters. The lowest BCUT2D eigenvalue weighted by molar-refractivity contribution is 0.669. The van der Waals surface area contributed by atoms with Gasteiger partial charge in [0.15, 0.2) is 0 Å². The zero-order valence-corrected chi connectivity index (χ0v) is 28.5. The molecule has 3 heterocycles. The van der Waals surface area contributed by atoms with Gasteiger partial charge in [0.2, 0.25) is 0 Å². The number of para-hydroxylation sites is 1. The number of benzene rings is 7. The molecule has 0 saturated heterocycles. The predicted molar refractivity (Wildman–Crippen MR) is 209 cm³/mol. The number of fused-ring (bicyclic) bond motifs is 10. The standard InChI is InChI=1S/C44H31NOSSi/c1-48(2)41-25-24-36-35-13-7-9-15-40(35)47-44(36)43(41)37-23-21-32(27-42(37)48)45(30-18-16-29(17-19-30)28-10-4-3-5-11-28)31-20-22-34-33-12-6-8-14-38(33)46-39(34)26-31/h3-27H,1-2H3. The maximum absolute atomic E-state index is 6.39. The van der Waals surface area contributed by atoms with Crippen LogP contribution >= 0.6 is 11.3 Å². The monoisotopic (exact) mass is 649 g/mol. The van der Waals surface area contributed by atoms with E-state index in [0.717, 1.165) is 39.0 Å². The number of furan rings is 1. The van der Waals surface area contributed by atoms with Crippen LogP contribution in [0.4, 0.5) is 17.1 Å². The van der Waals surface area contributed by atoms with Crippen molar-refractivity contribution >= 4 is 89.0 Å². The van der Waals surface area contributed by atoms with E-state index in [2.05, 4.69) is 158 Å². The van der Waals surface area contributed by atoms with Gasteiger partial charge in [0.05, 0.1) is 0 Å². The molecule has 0 amide bonds. The number of rotatable bonds is 4. The Morgan fingerprint density at radius 1 is 0.500 bits per heavy atom. The molecule has 0 aliphatic carbocycles. The third-order valence-corrected chi connectivity index (χ3v) is 15.0. The fraction of sp³-hybridized carbons (Fsp3) is 0.0455. The third kappa shape index (κ3) is 4.03. The zero-order valence-electron chi connectivity index (χ0n) is 26.7. The summed E-state index contributed by atoms with van der Waals surface area (Å²) < 4.78 is 9.17. The maximum atomic E-state index is 6.39. The largest absolute Gasteiger partial charge is 0.456 e. The second-order valence-corrected chi connectivity index (χ2v) is 18.7. The second-order valence-electron chi connectivity index (χ2n) is 13.3. The SMILES string of the molecule is C[Si]1(C)c2cc(N(c3ccc(-c4ccccc4)cc3)c3ccc4c(c3)oc3ccccc34)ccc2-c2c1ccc1c2sc2ccccc21. The van der Waals surface area contributed by atoms with Crippen LogP contribution in [0.3, 0.4) is 0 Å². The first kappa shape index (κ1) is 27.7. The van der Waals surface area contributed by atoms with Crippen LogP contribution in [-0.4, -0.2) is 8.07 Å². The van der Waals surface area contributed by atoms with E-state index in [9.17, 15) is 0 Å². The first-order valence-electron chi connectivity index (χ1n) is 16.5. The summed E-state index contributed by atoms with van der Waals surface area (Å²) in [5.41, 5.74) is 10.4. The summed E-state index contributed by atoms with van der Waals surface area (Å²) in [6, 6.07) is 55.3. The minimum absolute atomic E-state index is 0.898. The van der Waals surface area contributed by atoms with E-state index in [-0.39, 0.29) is 0 Å². The van der Waals surface area contributed by atoms with Crippen LogP contribution in [0.1, 0.15) is 0 Å². The van der Waals surface area contributed by atoms with Gasteiger partial charge in [-0.2, -0.15) is 0 Å². The lowest BCUT2D eigenvalue weighted by atomic mass is 10.0. The first-order chi connectivity index (χ1) is 23.5. The average Bonchev–Trinajstić information content (AvgIpc) is 3.76. The van der Waals surface area contributed by atoms with Crippen LogP contribution in [-0.2, 0) is 0 Å². The molecule has 7 aromatic carbocycles. The molecule has 1 aliphatic heterocycles. The topological polar surface area (TPSA) is 16.4 Å². The van der Waals surface area contributed by atoms with E-state index in [4.69, 9.17) is 4.42 Å². The molecule has 228 valence electrons. The molecule has 0 N–H and O–H groups in total. The van der Waals surface area contributed by atoms with Crippen molar-refractivity contribution in [1.82, 2.24) is 0 Å². The molecule has 4 heteroatoms. The summed E-state index contributed by atoms with van der Waals surface area (Å²) in [5.74, 6) is 0. The smallest absolute Gasteiger partial charge is 0.137 e. The second kappa shape index (κ2) is 10.3. The zero-order chi connectivity index (χ0) is 32.0. The van der Waals surface area contributed by atoms with E-state index < -0.39 is 8.07 Å². The molecule has 0 saturated carbocycles. The number of hydrogen-bond donors (Lipinski definition) is 0. The van der Waals surface area contributed by atoms with E-state index >= 15 is 0 Å². The Morgan fingerprint density at radius 3 is 2.00 bits per heavy atom. The van der Waals surface area contributed by atoms with Crippen molar-refractivity contribution in [1.29, 1.82) is 0 Å². The molecule has 0 fully saturated rings. The predicted octanol–water partition coefficient (Wildman–Crippen LogP) is 11.9. The van der Waals surface area contributed by atoms with E-state index in [1.165, 1.54) is 52.8 Å². The maximum Gasteiger partial charge on any atom is 0.137 e. The summed E-state index contributed by atoms with van der Waals surface area (Å²) >= 11 is 1.94. The van der Waals surface area contributed by atoms with Crippen LogP contribution < -0.4 is 15.3 Å². The molecule has 0 bridgehead atoms. The quantitative estimate of drug-likeness (QED) is 0.176. The summed E-state index contributed by atoms with van der Waals surface area (Å²) in [4.78, 5) is 2.39. The van der Waals surface area contributed by atoms with Gasteiger partial charge in [-0.3, -0.25) is 0 Å². The Morgan fingerprint density at radius 2 is 1.15 bits per heavy atom. The number of nitrogens with zero attached hydrogens (tertiary/aromatic N) is 1. The van der Waals surface area contributed by atoms with Gasteiger partial charge in [-0.15, -0.1) is 11.3 Å². The Balaban J connectivity index is 1.16. The highest BCUT2D eigenvalue weighted by molar-refractivity contribution is 7.26. The summed E-state index contributed by atoms with van der Waals surface area (Å²) in [6.45, 7) is 5.03. The van der Waals surface area contributed by atoms with E-state index in [0.29, 0.717) is 0 Å². The minimum Gasteiger partial charge on any atom is -0.456 e. The van der Waals surface area contributed by atoms with Crippen LogP contribution in [0.2, 0.25) is 13.1 Å². The van der Waals surface area contributed by atoms with Gasteiger partial charge in [-0.25, -0.2) is 0 Å². The van der Waals surface area contributed by atoms with Crippen LogP contribution in [0.25, 0.3) is 64.4 Å². The number of hydrogen-bond acceptors (Lipinski definition) is 3. The van der Waals surface area contributed by atoms with Gasteiger partial charge in [-0.1, -0.05) is 110 Å². The highest BCUT2D eigenvalue weighted by atomic mass is 32.1. The first-order valence-corrected chi connectivity index (χ1v) is 20.3. The van der Waals surface area contributed by atoms with Crippen molar-refractivity contribution in [2.24, 2.45) is 0 Å². The van der Waals surface area contributed by atoms with Crippen molar-refractivity contribution in [2.45, 2.75) is 13.1 Å². The van der Waals surface area contributed by atoms with Crippen molar-refractivity contribution in [3.05, 3.63) is 152 Å². The normalized spacial score (nSPS) is 13.4. The molecular formula is C44H31NOSSi. The molecule has 0 unspecified atom stereocenters. The highest BCUT2D eigenvalue weighted by Gasteiger charge is 2.39. The van der Waals surface area contributed by atoms with Crippen molar-refractivity contribution in [3.8, 4) is 22.3 Å². The molecule has 9 aromatic rings. The van der Waals surface area contributed by atoms with Gasteiger partial charge < -0.3 is 9.32 Å². The van der Waals surface area contributed by atoms with Crippen LogP contribution in [0, 0.1) is 0 Å². The Bertz CT molecular complexity index is 2700. The molecule has 1 aliphatic rings. The third-order valence-electron chi connectivity index (χ3n) is 10.3. The fourth-order valence-electron chi connectivity index (χ4n) is 7.86. The van der Waals surface area contributed by atoms with Gasteiger partial charge in [-0.05, 0) is 81.2 Å². The van der Waals surface area contributed by atoms with Crippen LogP contribution in [0.15, 0.2) is 156 Å². The number of thiophene rings is 1. The fourth-order valence-corrected chi connectivity index (χ4v) is 12.3. The molecule has 0 radical (unpaired) electrons. The lowest BCUT2D eigenvalue weighted by Crippen LogP contribution is -2.49. The molecule has 10 rings (SSSR count). The average molecular weight is 650 g/mol. The van der Waals surface area contributed by atoms with Gasteiger partial charge in [0, 0.05) is 54.1 Å². The van der Waals surface area contributed by atoms with E-state index in [1.807, 2.05) is 23.5 Å². The lowest BCUT2D eigenvalue weighted by Gasteiger charge is -2.27. The van der Waals surface area contributed by atoms with E-state index in [1.54, 1.807) is 0 Å². The molecule has 2 aromatic heterocycles. The van der Waals surface area contributed by atoms with Crippen LogP contribution in [0.5, 0.6) is 0 Å². The Hall–Kier alpha value is -5.42. The minimum atomic E-state index is -1.98. The van der Waals surface area contributed by atoms with Crippen molar-refractivity contribution < 1.29 is 4.42 Å². The molecule has 48 heavy (non-hydrogen) atoms. The summed E-state index contributed by atoms with van der Waals surface area (Å²) in [7, 11) is -1.98. The van der Waals surface area contributed by atoms with Crippen molar-refractivity contribution in [3.63, 3.8) is 0 Å². The molecular weight excluding hydrogens is 619 g/mol. The summed E-state index contributed by atoms with van der Waals surface area (Å²) in [6.07, 6.45) is 0. The Kier molecular flexibility index (Phi) is 5.93.